The molecule has 0 saturated carbocycles. The van der Waals surface area contributed by atoms with Gasteiger partial charge in [0.25, 0.3) is 0 Å². The van der Waals surface area contributed by atoms with Gasteiger partial charge in [0.15, 0.2) is 0 Å². The van der Waals surface area contributed by atoms with Crippen LogP contribution in [0, 0.1) is 0 Å². The van der Waals surface area contributed by atoms with Crippen molar-refractivity contribution in [1.82, 2.24) is 0 Å². The standard InChI is InChI=1S/C18H36O3/c1-4-6-8-9-10-11-12-14-18(21-19-3)15-13-17-20-16-7-5-2/h7,16,18H,4-6,8-15,17H2,1-3H3. The molecular weight excluding hydrogens is 264 g/mol. The Morgan fingerprint density at radius 3 is 2.19 bits per heavy atom. The van der Waals surface area contributed by atoms with Crippen molar-refractivity contribution >= 4 is 0 Å². The van der Waals surface area contributed by atoms with E-state index < -0.39 is 0 Å². The summed E-state index contributed by atoms with van der Waals surface area (Å²) in [4.78, 5) is 10.2. The molecule has 126 valence electrons. The van der Waals surface area contributed by atoms with E-state index in [1.54, 1.807) is 13.4 Å². The number of allylic oxidation sites excluding steroid dienone is 1. The molecule has 0 aromatic heterocycles. The van der Waals surface area contributed by atoms with Crippen molar-refractivity contribution < 1.29 is 14.5 Å². The van der Waals surface area contributed by atoms with Gasteiger partial charge in [0.1, 0.15) is 0 Å². The van der Waals surface area contributed by atoms with Gasteiger partial charge in [0.2, 0.25) is 0 Å². The predicted octanol–water partition coefficient (Wildman–Crippen LogP) is 5.79. The molecule has 0 heterocycles. The van der Waals surface area contributed by atoms with Crippen LogP contribution in [0.1, 0.15) is 84.5 Å². The van der Waals surface area contributed by atoms with Gasteiger partial charge in [0, 0.05) is 0 Å². The van der Waals surface area contributed by atoms with Crippen molar-refractivity contribution in [2.75, 3.05) is 13.7 Å². The van der Waals surface area contributed by atoms with Crippen molar-refractivity contribution in [2.24, 2.45) is 0 Å². The van der Waals surface area contributed by atoms with Gasteiger partial charge < -0.3 is 4.74 Å². The molecule has 0 saturated heterocycles. The number of hydrogen-bond donors (Lipinski definition) is 0. The maximum atomic E-state index is 5.41. The van der Waals surface area contributed by atoms with Crippen LogP contribution in [0.25, 0.3) is 0 Å². The summed E-state index contributed by atoms with van der Waals surface area (Å²) in [6.45, 7) is 5.12. The third-order valence-corrected chi connectivity index (χ3v) is 3.58. The van der Waals surface area contributed by atoms with Crippen LogP contribution in [0.5, 0.6) is 0 Å². The first kappa shape index (κ1) is 20.5. The molecular formula is C18H36O3. The van der Waals surface area contributed by atoms with Crippen LogP contribution in [0.15, 0.2) is 12.3 Å². The highest BCUT2D eigenvalue weighted by Gasteiger charge is 2.09. The average molecular weight is 300 g/mol. The number of ether oxygens (including phenoxy) is 1. The second-order valence-electron chi connectivity index (χ2n) is 5.59. The van der Waals surface area contributed by atoms with Crippen LogP contribution < -0.4 is 0 Å². The molecule has 3 heteroatoms. The minimum absolute atomic E-state index is 0.212. The lowest BCUT2D eigenvalue weighted by molar-refractivity contribution is -0.307. The van der Waals surface area contributed by atoms with Crippen LogP contribution >= 0.6 is 0 Å². The largest absolute Gasteiger partial charge is 0.502 e. The Morgan fingerprint density at radius 2 is 1.52 bits per heavy atom. The highest BCUT2D eigenvalue weighted by atomic mass is 17.2. The molecule has 0 spiro atoms. The number of rotatable bonds is 16. The minimum Gasteiger partial charge on any atom is -0.502 e. The molecule has 21 heavy (non-hydrogen) atoms. The first-order valence-corrected chi connectivity index (χ1v) is 8.81. The molecule has 0 bridgehead atoms. The molecule has 0 aliphatic heterocycles. The normalized spacial score (nSPS) is 12.9. The zero-order chi connectivity index (χ0) is 15.6. The van der Waals surface area contributed by atoms with E-state index in [-0.39, 0.29) is 6.10 Å². The zero-order valence-corrected chi connectivity index (χ0v) is 14.4. The molecule has 0 fully saturated rings. The van der Waals surface area contributed by atoms with E-state index in [9.17, 15) is 0 Å². The lowest BCUT2D eigenvalue weighted by atomic mass is 10.0. The Labute approximate surface area is 132 Å². The van der Waals surface area contributed by atoms with E-state index >= 15 is 0 Å². The Bertz CT molecular complexity index is 217. The molecule has 0 aliphatic rings. The maximum absolute atomic E-state index is 5.41. The zero-order valence-electron chi connectivity index (χ0n) is 14.4. The van der Waals surface area contributed by atoms with Gasteiger partial charge in [-0.2, -0.15) is 0 Å². The van der Waals surface area contributed by atoms with Crippen LogP contribution in [-0.2, 0) is 14.5 Å². The molecule has 1 atom stereocenters. The lowest BCUT2D eigenvalue weighted by Gasteiger charge is -2.15. The second kappa shape index (κ2) is 17.5. The van der Waals surface area contributed by atoms with E-state index in [4.69, 9.17) is 14.5 Å². The summed E-state index contributed by atoms with van der Waals surface area (Å²) in [6, 6.07) is 0. The minimum atomic E-state index is 0.212. The Kier molecular flexibility index (Phi) is 17.1. The van der Waals surface area contributed by atoms with Crippen molar-refractivity contribution in [2.45, 2.75) is 90.6 Å². The van der Waals surface area contributed by atoms with Crippen molar-refractivity contribution in [3.63, 3.8) is 0 Å². The second-order valence-corrected chi connectivity index (χ2v) is 5.59. The fraction of sp³-hybridized carbons (Fsp3) is 0.889. The molecule has 0 radical (unpaired) electrons. The van der Waals surface area contributed by atoms with Crippen molar-refractivity contribution in [3.8, 4) is 0 Å². The molecule has 0 rings (SSSR count). The molecule has 1 unspecified atom stereocenters. The third kappa shape index (κ3) is 15.7. The summed E-state index contributed by atoms with van der Waals surface area (Å²) in [6.07, 6.45) is 17.5. The van der Waals surface area contributed by atoms with Gasteiger partial charge in [-0.3, -0.25) is 0 Å². The quantitative estimate of drug-likeness (QED) is 0.156. The van der Waals surface area contributed by atoms with Gasteiger partial charge in [-0.05, 0) is 25.7 Å². The topological polar surface area (TPSA) is 27.7 Å². The molecule has 0 N–H and O–H groups in total. The summed E-state index contributed by atoms with van der Waals surface area (Å²) >= 11 is 0. The molecule has 0 aromatic rings. The van der Waals surface area contributed by atoms with Gasteiger partial charge in [-0.15, -0.1) is 0 Å². The fourth-order valence-electron chi connectivity index (χ4n) is 2.33. The Morgan fingerprint density at radius 1 is 0.857 bits per heavy atom. The van der Waals surface area contributed by atoms with E-state index in [2.05, 4.69) is 13.8 Å². The number of unbranched alkanes of at least 4 members (excludes halogenated alkanes) is 6. The van der Waals surface area contributed by atoms with Crippen LogP contribution in [0.4, 0.5) is 0 Å². The third-order valence-electron chi connectivity index (χ3n) is 3.58. The van der Waals surface area contributed by atoms with Gasteiger partial charge in [-0.25, -0.2) is 9.78 Å². The van der Waals surface area contributed by atoms with Crippen LogP contribution in [-0.4, -0.2) is 19.8 Å². The smallest absolute Gasteiger partial charge is 0.0931 e. The monoisotopic (exact) mass is 300 g/mol. The summed E-state index contributed by atoms with van der Waals surface area (Å²) in [5.74, 6) is 0. The van der Waals surface area contributed by atoms with Crippen molar-refractivity contribution in [3.05, 3.63) is 12.3 Å². The highest BCUT2D eigenvalue weighted by molar-refractivity contribution is 4.70. The first-order chi connectivity index (χ1) is 10.3. The van der Waals surface area contributed by atoms with Crippen LogP contribution in [0.3, 0.4) is 0 Å². The van der Waals surface area contributed by atoms with Crippen LogP contribution in [0.2, 0.25) is 0 Å². The van der Waals surface area contributed by atoms with Gasteiger partial charge in [-0.1, -0.05) is 64.9 Å². The van der Waals surface area contributed by atoms with E-state index in [0.717, 1.165) is 32.3 Å². The summed E-state index contributed by atoms with van der Waals surface area (Å²) in [7, 11) is 1.60. The average Bonchev–Trinajstić information content (AvgIpc) is 2.49. The highest BCUT2D eigenvalue weighted by Crippen LogP contribution is 2.14. The Balaban J connectivity index is 3.50. The predicted molar refractivity (Wildman–Crippen MR) is 89.1 cm³/mol. The summed E-state index contributed by atoms with van der Waals surface area (Å²) in [5.41, 5.74) is 0. The maximum Gasteiger partial charge on any atom is 0.0931 e. The SMILES string of the molecule is CCC=COCCCC(CCCCCCCCC)OOC. The van der Waals surface area contributed by atoms with E-state index in [1.807, 2.05) is 6.08 Å². The summed E-state index contributed by atoms with van der Waals surface area (Å²) in [5, 5.41) is 0. The van der Waals surface area contributed by atoms with Gasteiger partial charge >= 0.3 is 0 Å². The number of hydrogen-bond acceptors (Lipinski definition) is 3. The van der Waals surface area contributed by atoms with Crippen molar-refractivity contribution in [1.29, 1.82) is 0 Å². The van der Waals surface area contributed by atoms with E-state index in [0.29, 0.717) is 0 Å². The first-order valence-electron chi connectivity index (χ1n) is 8.81. The lowest BCUT2D eigenvalue weighted by Crippen LogP contribution is -2.13. The molecule has 0 amide bonds. The fourth-order valence-corrected chi connectivity index (χ4v) is 2.33. The molecule has 3 nitrogen and oxygen atoms in total. The molecule has 0 aliphatic carbocycles. The summed E-state index contributed by atoms with van der Waals surface area (Å²) < 4.78 is 5.41. The molecule has 0 aromatic carbocycles. The van der Waals surface area contributed by atoms with E-state index in [1.165, 1.54) is 44.9 Å². The van der Waals surface area contributed by atoms with Gasteiger partial charge in [0.05, 0.1) is 26.1 Å². The Hall–Kier alpha value is -0.540.